The number of hydrogen-bond donors (Lipinski definition) is 1. The summed E-state index contributed by atoms with van der Waals surface area (Å²) in [6, 6.07) is 22.3. The van der Waals surface area contributed by atoms with E-state index in [4.69, 9.17) is 33.3 Å². The number of benzene rings is 3. The van der Waals surface area contributed by atoms with Crippen LogP contribution in [0, 0.1) is 5.41 Å². The predicted octanol–water partition coefficient (Wildman–Crippen LogP) is 6.88. The molecule has 8 heteroatoms. The molecule has 2 heterocycles. The quantitative estimate of drug-likeness (QED) is 0.384. The molecule has 0 unspecified atom stereocenters. The minimum atomic E-state index is -0.444. The van der Waals surface area contributed by atoms with Crippen LogP contribution < -0.4 is 4.74 Å². The Balaban J connectivity index is 1.40. The summed E-state index contributed by atoms with van der Waals surface area (Å²) < 4.78 is 5.89. The molecule has 5 rings (SSSR count). The zero-order valence-electron chi connectivity index (χ0n) is 17.7. The lowest BCUT2D eigenvalue weighted by Crippen LogP contribution is -2.38. The van der Waals surface area contributed by atoms with Crippen molar-refractivity contribution < 1.29 is 9.53 Å². The number of thioether (sulfide) groups is 1. The van der Waals surface area contributed by atoms with Gasteiger partial charge in [0, 0.05) is 21.0 Å². The molecule has 2 aliphatic rings. The van der Waals surface area contributed by atoms with E-state index in [1.54, 1.807) is 35.2 Å². The molecule has 0 aliphatic carbocycles. The summed E-state index contributed by atoms with van der Waals surface area (Å²) in [5.41, 5.74) is 3.40. The Hall–Kier alpha value is -3.32. The fraction of sp³-hybridized carbons (Fsp3) is 0.0385. The highest BCUT2D eigenvalue weighted by Crippen LogP contribution is 2.37. The van der Waals surface area contributed by atoms with E-state index >= 15 is 0 Å². The first-order valence-corrected chi connectivity index (χ1v) is 12.0. The first-order chi connectivity index (χ1) is 16.5. The van der Waals surface area contributed by atoms with Gasteiger partial charge in [-0.15, -0.1) is 0 Å². The van der Waals surface area contributed by atoms with E-state index < -0.39 is 5.91 Å². The van der Waals surface area contributed by atoms with Crippen LogP contribution in [0.5, 0.6) is 5.75 Å². The van der Waals surface area contributed by atoms with Crippen molar-refractivity contribution in [3.63, 3.8) is 0 Å². The van der Waals surface area contributed by atoms with Gasteiger partial charge in [0.15, 0.2) is 5.17 Å². The summed E-state index contributed by atoms with van der Waals surface area (Å²) in [5, 5.41) is 12.2. The number of nitrogens with zero attached hydrogens (tertiary/aromatic N) is 2. The van der Waals surface area contributed by atoms with Crippen LogP contribution in [0.25, 0.3) is 11.8 Å². The van der Waals surface area contributed by atoms with Crippen molar-refractivity contribution in [3.05, 3.63) is 111 Å². The summed E-state index contributed by atoms with van der Waals surface area (Å²) in [4.78, 5) is 18.7. The summed E-state index contributed by atoms with van der Waals surface area (Å²) in [7, 11) is 0. The van der Waals surface area contributed by atoms with Gasteiger partial charge in [-0.3, -0.25) is 15.1 Å². The first-order valence-electron chi connectivity index (χ1n) is 10.3. The van der Waals surface area contributed by atoms with Gasteiger partial charge in [0.2, 0.25) is 0 Å². The molecule has 0 saturated carbocycles. The number of halogens is 2. The second-order valence-corrected chi connectivity index (χ2v) is 9.14. The molecule has 0 bridgehead atoms. The van der Waals surface area contributed by atoms with Gasteiger partial charge in [-0.1, -0.05) is 83.5 Å². The molecule has 0 atom stereocenters. The first kappa shape index (κ1) is 22.5. The molecule has 1 N–H and O–H groups in total. The molecule has 0 spiro atoms. The maximum atomic E-state index is 12.7. The normalized spacial score (nSPS) is 16.4. The lowest BCUT2D eigenvalue weighted by molar-refractivity contribution is -0.114. The summed E-state index contributed by atoms with van der Waals surface area (Å²) >= 11 is 13.8. The van der Waals surface area contributed by atoms with Crippen LogP contribution in [-0.4, -0.2) is 21.8 Å². The average Bonchev–Trinajstić information content (AvgIpc) is 3.26. The number of carbonyl (C=O) groups excluding carboxylic acids is 1. The van der Waals surface area contributed by atoms with Gasteiger partial charge in [0.1, 0.15) is 18.2 Å². The molecule has 0 radical (unpaired) electrons. The van der Waals surface area contributed by atoms with Crippen molar-refractivity contribution >= 4 is 63.6 Å². The zero-order valence-corrected chi connectivity index (χ0v) is 20.0. The van der Waals surface area contributed by atoms with Crippen molar-refractivity contribution in [1.29, 1.82) is 5.41 Å². The van der Waals surface area contributed by atoms with Crippen LogP contribution in [0.4, 0.5) is 0 Å². The van der Waals surface area contributed by atoms with Crippen molar-refractivity contribution in [2.45, 2.75) is 6.61 Å². The van der Waals surface area contributed by atoms with Crippen LogP contribution in [0.3, 0.4) is 0 Å². The topological polar surface area (TPSA) is 65.8 Å². The Kier molecular flexibility index (Phi) is 6.28. The van der Waals surface area contributed by atoms with Crippen LogP contribution >= 0.6 is 35.0 Å². The Bertz CT molecular complexity index is 1380. The SMILES string of the molecule is N=C1C(=Cc2cccc(OCc3c(Cl)cccc3Cl)c2)C(=O)N=C2SC=C(c3ccccc3)N12. The van der Waals surface area contributed by atoms with Gasteiger partial charge in [-0.05, 0) is 41.5 Å². The van der Waals surface area contributed by atoms with Gasteiger partial charge in [0.25, 0.3) is 5.91 Å². The Morgan fingerprint density at radius 1 is 1.00 bits per heavy atom. The van der Waals surface area contributed by atoms with E-state index in [9.17, 15) is 4.79 Å². The lowest BCUT2D eigenvalue weighted by atomic mass is 10.1. The number of ether oxygens (including phenoxy) is 1. The molecule has 0 aromatic heterocycles. The molecular formula is C26H17Cl2N3O2S. The molecule has 34 heavy (non-hydrogen) atoms. The van der Waals surface area contributed by atoms with Crippen molar-refractivity contribution in [2.24, 2.45) is 4.99 Å². The third kappa shape index (κ3) is 4.40. The maximum Gasteiger partial charge on any atom is 0.283 e. The molecule has 2 aliphatic heterocycles. The summed E-state index contributed by atoms with van der Waals surface area (Å²) in [6.45, 7) is 0.206. The Morgan fingerprint density at radius 3 is 2.50 bits per heavy atom. The third-order valence-electron chi connectivity index (χ3n) is 5.30. The second-order valence-electron chi connectivity index (χ2n) is 7.49. The highest BCUT2D eigenvalue weighted by molar-refractivity contribution is 8.17. The Morgan fingerprint density at radius 2 is 1.74 bits per heavy atom. The average molecular weight is 506 g/mol. The molecule has 1 amide bonds. The van der Waals surface area contributed by atoms with Crippen LogP contribution in [0.2, 0.25) is 10.0 Å². The standard InChI is InChI=1S/C26H17Cl2N3O2S/c27-21-10-5-11-22(28)20(21)14-33-18-9-4-6-16(12-18)13-19-24(29)31-23(17-7-2-1-3-8-17)15-34-26(31)30-25(19)32/h1-13,15,29H,14H2. The number of amides is 1. The number of nitrogens with one attached hydrogen (secondary N) is 1. The lowest BCUT2D eigenvalue weighted by Gasteiger charge is -2.26. The smallest absolute Gasteiger partial charge is 0.283 e. The van der Waals surface area contributed by atoms with Crippen LogP contribution in [0.15, 0.2) is 88.8 Å². The molecule has 0 saturated heterocycles. The third-order valence-corrected chi connectivity index (χ3v) is 6.83. The summed E-state index contributed by atoms with van der Waals surface area (Å²) in [6.07, 6.45) is 1.66. The van der Waals surface area contributed by atoms with Crippen molar-refractivity contribution in [2.75, 3.05) is 0 Å². The fourth-order valence-electron chi connectivity index (χ4n) is 3.60. The van der Waals surface area contributed by atoms with Gasteiger partial charge in [0.05, 0.1) is 11.3 Å². The number of hydrogen-bond acceptors (Lipinski definition) is 4. The minimum absolute atomic E-state index is 0.0873. The number of amidine groups is 2. The van der Waals surface area contributed by atoms with Crippen LogP contribution in [-0.2, 0) is 11.4 Å². The van der Waals surface area contributed by atoms with Gasteiger partial charge < -0.3 is 4.74 Å². The molecule has 3 aromatic rings. The monoisotopic (exact) mass is 505 g/mol. The zero-order chi connectivity index (χ0) is 23.7. The van der Waals surface area contributed by atoms with Crippen molar-refractivity contribution in [3.8, 4) is 5.75 Å². The predicted molar refractivity (Wildman–Crippen MR) is 139 cm³/mol. The fourth-order valence-corrected chi connectivity index (χ4v) is 5.00. The minimum Gasteiger partial charge on any atom is -0.489 e. The molecular weight excluding hydrogens is 489 g/mol. The number of fused-ring (bicyclic) bond motifs is 1. The highest BCUT2D eigenvalue weighted by Gasteiger charge is 2.36. The molecule has 168 valence electrons. The number of aliphatic imine (C=N–C) groups is 1. The van der Waals surface area contributed by atoms with Crippen molar-refractivity contribution in [1.82, 2.24) is 4.90 Å². The molecule has 0 fully saturated rings. The maximum absolute atomic E-state index is 12.7. The van der Waals surface area contributed by atoms with E-state index in [1.165, 1.54) is 11.8 Å². The van der Waals surface area contributed by atoms with E-state index in [0.717, 1.165) is 11.3 Å². The van der Waals surface area contributed by atoms with E-state index in [-0.39, 0.29) is 18.0 Å². The van der Waals surface area contributed by atoms with E-state index in [2.05, 4.69) is 4.99 Å². The van der Waals surface area contributed by atoms with Crippen LogP contribution in [0.1, 0.15) is 16.7 Å². The number of carbonyl (C=O) groups is 1. The van der Waals surface area contributed by atoms with Gasteiger partial charge in [-0.2, -0.15) is 4.99 Å². The number of rotatable bonds is 5. The molecule has 3 aromatic carbocycles. The van der Waals surface area contributed by atoms with Gasteiger partial charge >= 0.3 is 0 Å². The highest BCUT2D eigenvalue weighted by atomic mass is 35.5. The Labute approximate surface area is 210 Å². The van der Waals surface area contributed by atoms with E-state index in [0.29, 0.717) is 32.1 Å². The van der Waals surface area contributed by atoms with E-state index in [1.807, 2.05) is 53.9 Å². The largest absolute Gasteiger partial charge is 0.489 e. The summed E-state index contributed by atoms with van der Waals surface area (Å²) in [5.74, 6) is 0.232. The second kappa shape index (κ2) is 9.50. The van der Waals surface area contributed by atoms with Gasteiger partial charge in [-0.25, -0.2) is 0 Å². The molecule has 5 nitrogen and oxygen atoms in total.